The van der Waals surface area contributed by atoms with Crippen LogP contribution in [0.3, 0.4) is 0 Å². The normalized spacial score (nSPS) is 20.6. The molecule has 0 aromatic rings. The molecule has 1 fully saturated rings. The van der Waals surface area contributed by atoms with E-state index in [1.807, 2.05) is 20.8 Å². The van der Waals surface area contributed by atoms with Gasteiger partial charge in [-0.25, -0.2) is 4.79 Å². The first-order chi connectivity index (χ1) is 9.87. The van der Waals surface area contributed by atoms with Gasteiger partial charge in [-0.1, -0.05) is 0 Å². The number of hydrogen-bond donors (Lipinski definition) is 1. The fourth-order valence-corrected chi connectivity index (χ4v) is 2.46. The number of carbonyl (C=O) groups is 1. The molecule has 1 unspecified atom stereocenters. The Bertz CT molecular complexity index is 318. The van der Waals surface area contributed by atoms with Crippen molar-refractivity contribution in [3.8, 4) is 0 Å². The number of nitrogens with zero attached hydrogens (tertiary/aromatic N) is 2. The van der Waals surface area contributed by atoms with Crippen molar-refractivity contribution >= 4 is 6.09 Å². The molecule has 1 heterocycles. The smallest absolute Gasteiger partial charge is 0.410 e. The van der Waals surface area contributed by atoms with Crippen LogP contribution in [0.4, 0.5) is 4.79 Å². The summed E-state index contributed by atoms with van der Waals surface area (Å²) in [5.41, 5.74) is 5.42. The van der Waals surface area contributed by atoms with Crippen molar-refractivity contribution in [3.63, 3.8) is 0 Å². The first kappa shape index (κ1) is 18.2. The van der Waals surface area contributed by atoms with Crippen LogP contribution in [0, 0.1) is 0 Å². The number of piperazine rings is 1. The fourth-order valence-electron chi connectivity index (χ4n) is 2.46. The number of carbonyl (C=O) groups excluding carboxylic acids is 1. The van der Waals surface area contributed by atoms with E-state index in [0.29, 0.717) is 19.6 Å². The van der Waals surface area contributed by atoms with Crippen molar-refractivity contribution in [1.82, 2.24) is 9.80 Å². The summed E-state index contributed by atoms with van der Waals surface area (Å²) >= 11 is 0. The van der Waals surface area contributed by atoms with Crippen molar-refractivity contribution in [3.05, 3.63) is 0 Å². The largest absolute Gasteiger partial charge is 0.444 e. The van der Waals surface area contributed by atoms with E-state index in [0.717, 1.165) is 32.5 Å². The highest BCUT2D eigenvalue weighted by atomic mass is 16.6. The average Bonchev–Trinajstić information content (AvgIpc) is 2.41. The molecule has 0 saturated carbocycles. The van der Waals surface area contributed by atoms with Gasteiger partial charge in [0.05, 0.1) is 0 Å². The molecule has 6 nitrogen and oxygen atoms in total. The quantitative estimate of drug-likeness (QED) is 0.749. The Labute approximate surface area is 128 Å². The molecule has 1 saturated heterocycles. The van der Waals surface area contributed by atoms with Crippen molar-refractivity contribution in [2.45, 2.75) is 45.3 Å². The van der Waals surface area contributed by atoms with E-state index in [9.17, 15) is 4.79 Å². The van der Waals surface area contributed by atoms with Gasteiger partial charge in [-0.2, -0.15) is 0 Å². The summed E-state index contributed by atoms with van der Waals surface area (Å²) in [7, 11) is 1.72. The summed E-state index contributed by atoms with van der Waals surface area (Å²) < 4.78 is 10.5. The Hall–Kier alpha value is -0.850. The summed E-state index contributed by atoms with van der Waals surface area (Å²) in [6, 6.07) is 0.216. The maximum absolute atomic E-state index is 12.1. The van der Waals surface area contributed by atoms with Crippen LogP contribution in [-0.2, 0) is 9.47 Å². The van der Waals surface area contributed by atoms with E-state index in [4.69, 9.17) is 15.2 Å². The van der Waals surface area contributed by atoms with Gasteiger partial charge in [0.1, 0.15) is 5.60 Å². The zero-order valence-electron chi connectivity index (χ0n) is 13.9. The van der Waals surface area contributed by atoms with Gasteiger partial charge in [-0.05, 0) is 40.2 Å². The maximum atomic E-state index is 12.1. The van der Waals surface area contributed by atoms with Gasteiger partial charge in [-0.3, -0.25) is 4.90 Å². The number of nitrogens with two attached hydrogens (primary N) is 1. The van der Waals surface area contributed by atoms with Crippen LogP contribution in [0.25, 0.3) is 0 Å². The molecule has 0 aliphatic carbocycles. The van der Waals surface area contributed by atoms with Crippen LogP contribution in [-0.4, -0.2) is 74.0 Å². The van der Waals surface area contributed by atoms with Crippen LogP contribution >= 0.6 is 0 Å². The topological polar surface area (TPSA) is 68.0 Å². The monoisotopic (exact) mass is 301 g/mol. The SMILES string of the molecule is COCCCCN1CCN(C(=O)OC(C)(C)C)CC1CN. The molecule has 0 aromatic carbocycles. The molecule has 1 aliphatic heterocycles. The zero-order chi connectivity index (χ0) is 15.9. The number of amides is 1. The Morgan fingerprint density at radius 2 is 2.00 bits per heavy atom. The molecular weight excluding hydrogens is 270 g/mol. The Balaban J connectivity index is 2.43. The summed E-state index contributed by atoms with van der Waals surface area (Å²) in [5.74, 6) is 0. The predicted molar refractivity (Wildman–Crippen MR) is 83.3 cm³/mol. The zero-order valence-corrected chi connectivity index (χ0v) is 13.9. The summed E-state index contributed by atoms with van der Waals surface area (Å²) in [6.07, 6.45) is 1.91. The third-order valence-electron chi connectivity index (χ3n) is 3.57. The Kier molecular flexibility index (Phi) is 7.42. The lowest BCUT2D eigenvalue weighted by molar-refractivity contribution is 0.00441. The van der Waals surface area contributed by atoms with Gasteiger partial charge in [0.15, 0.2) is 0 Å². The maximum Gasteiger partial charge on any atom is 0.410 e. The molecule has 0 radical (unpaired) electrons. The second kappa shape index (κ2) is 8.56. The molecule has 21 heavy (non-hydrogen) atoms. The highest BCUT2D eigenvalue weighted by Crippen LogP contribution is 2.15. The van der Waals surface area contributed by atoms with Crippen molar-refractivity contribution < 1.29 is 14.3 Å². The Morgan fingerprint density at radius 1 is 1.29 bits per heavy atom. The van der Waals surface area contributed by atoms with E-state index < -0.39 is 5.60 Å². The lowest BCUT2D eigenvalue weighted by Gasteiger charge is -2.41. The highest BCUT2D eigenvalue weighted by Gasteiger charge is 2.30. The molecule has 124 valence electrons. The minimum absolute atomic E-state index is 0.216. The van der Waals surface area contributed by atoms with Crippen LogP contribution in [0.5, 0.6) is 0 Å². The van der Waals surface area contributed by atoms with Crippen molar-refractivity contribution in [2.75, 3.05) is 46.4 Å². The highest BCUT2D eigenvalue weighted by molar-refractivity contribution is 5.68. The van der Waals surface area contributed by atoms with Crippen LogP contribution in [0.2, 0.25) is 0 Å². The summed E-state index contributed by atoms with van der Waals surface area (Å²) in [6.45, 7) is 10.2. The number of methoxy groups -OCH3 is 1. The summed E-state index contributed by atoms with van der Waals surface area (Å²) in [4.78, 5) is 16.3. The third-order valence-corrected chi connectivity index (χ3v) is 3.57. The lowest BCUT2D eigenvalue weighted by atomic mass is 10.1. The number of ether oxygens (including phenoxy) is 2. The summed E-state index contributed by atoms with van der Waals surface area (Å²) in [5, 5.41) is 0. The first-order valence-corrected chi connectivity index (χ1v) is 7.78. The minimum atomic E-state index is -0.452. The third kappa shape index (κ3) is 6.63. The standard InChI is InChI=1S/C15H31N3O3/c1-15(2,3)21-14(19)18-9-8-17(13(11-16)12-18)7-5-6-10-20-4/h13H,5-12,16H2,1-4H3. The number of hydrogen-bond acceptors (Lipinski definition) is 5. The second-order valence-corrected chi connectivity index (χ2v) is 6.55. The molecule has 0 spiro atoms. The molecule has 6 heteroatoms. The van der Waals surface area contributed by atoms with Gasteiger partial charge in [0.25, 0.3) is 0 Å². The van der Waals surface area contributed by atoms with Gasteiger partial charge >= 0.3 is 6.09 Å². The molecular formula is C15H31N3O3. The van der Waals surface area contributed by atoms with Crippen LogP contribution < -0.4 is 5.73 Å². The van der Waals surface area contributed by atoms with Gasteiger partial charge in [-0.15, -0.1) is 0 Å². The first-order valence-electron chi connectivity index (χ1n) is 7.78. The van der Waals surface area contributed by atoms with Crippen molar-refractivity contribution in [1.29, 1.82) is 0 Å². The van der Waals surface area contributed by atoms with Gasteiger partial charge < -0.3 is 20.1 Å². The molecule has 0 bridgehead atoms. The van der Waals surface area contributed by atoms with E-state index in [1.54, 1.807) is 12.0 Å². The van der Waals surface area contributed by atoms with Gasteiger partial charge in [0, 0.05) is 45.9 Å². The molecule has 2 N–H and O–H groups in total. The van der Waals surface area contributed by atoms with E-state index in [2.05, 4.69) is 4.90 Å². The van der Waals surface area contributed by atoms with E-state index in [-0.39, 0.29) is 12.1 Å². The second-order valence-electron chi connectivity index (χ2n) is 6.55. The number of unbranched alkanes of at least 4 members (excludes halogenated alkanes) is 1. The molecule has 1 aliphatic rings. The molecule has 1 amide bonds. The van der Waals surface area contributed by atoms with Gasteiger partial charge in [0.2, 0.25) is 0 Å². The molecule has 1 rings (SSSR count). The van der Waals surface area contributed by atoms with Crippen LogP contribution in [0.15, 0.2) is 0 Å². The lowest BCUT2D eigenvalue weighted by Crippen LogP contribution is -2.57. The Morgan fingerprint density at radius 3 is 2.57 bits per heavy atom. The van der Waals surface area contributed by atoms with Crippen LogP contribution in [0.1, 0.15) is 33.6 Å². The predicted octanol–water partition coefficient (Wildman–Crippen LogP) is 1.29. The fraction of sp³-hybridized carbons (Fsp3) is 0.933. The number of rotatable bonds is 6. The molecule has 1 atom stereocenters. The minimum Gasteiger partial charge on any atom is -0.444 e. The van der Waals surface area contributed by atoms with E-state index in [1.165, 1.54) is 0 Å². The van der Waals surface area contributed by atoms with E-state index >= 15 is 0 Å². The molecule has 0 aromatic heterocycles. The average molecular weight is 301 g/mol. The van der Waals surface area contributed by atoms with Crippen molar-refractivity contribution in [2.24, 2.45) is 5.73 Å².